The van der Waals surface area contributed by atoms with E-state index < -0.39 is 18.0 Å². The third-order valence-electron chi connectivity index (χ3n) is 4.86. The van der Waals surface area contributed by atoms with Gasteiger partial charge in [0, 0.05) is 24.3 Å². The minimum absolute atomic E-state index is 0.0965. The van der Waals surface area contributed by atoms with Gasteiger partial charge in [0.1, 0.15) is 6.10 Å². The third kappa shape index (κ3) is 7.12. The molecule has 0 aromatic heterocycles. The van der Waals surface area contributed by atoms with Crippen molar-refractivity contribution in [3.63, 3.8) is 0 Å². The van der Waals surface area contributed by atoms with Crippen LogP contribution in [-0.4, -0.2) is 50.8 Å². The first-order valence-corrected chi connectivity index (χ1v) is 10.8. The van der Waals surface area contributed by atoms with Crippen LogP contribution in [0.1, 0.15) is 44.1 Å². The summed E-state index contributed by atoms with van der Waals surface area (Å²) in [6, 6.07) is 6.84. The topological polar surface area (TPSA) is 77.8 Å². The number of carboxylic acids is 1. The largest absolute Gasteiger partial charge is 0.481 e. The Morgan fingerprint density at radius 1 is 1.24 bits per heavy atom. The number of aliphatic hydroxyl groups excluding tert-OH is 1. The van der Waals surface area contributed by atoms with Crippen molar-refractivity contribution in [1.82, 2.24) is 4.90 Å². The van der Waals surface area contributed by atoms with Gasteiger partial charge in [0.2, 0.25) is 0 Å². The molecule has 8 heteroatoms. The second kappa shape index (κ2) is 11.3. The van der Waals surface area contributed by atoms with E-state index in [1.54, 1.807) is 11.0 Å². The summed E-state index contributed by atoms with van der Waals surface area (Å²) in [6.45, 7) is 0.485. The molecule has 1 amide bonds. The molecule has 1 heterocycles. The second-order valence-corrected chi connectivity index (χ2v) is 8.09. The predicted octanol–water partition coefficient (Wildman–Crippen LogP) is 4.66. The lowest BCUT2D eigenvalue weighted by Gasteiger charge is -2.33. The molecule has 1 aliphatic rings. The fourth-order valence-corrected chi connectivity index (χ4v) is 4.12. The Kier molecular flexibility index (Phi) is 9.10. The van der Waals surface area contributed by atoms with Crippen LogP contribution in [0.2, 0.25) is 0 Å². The van der Waals surface area contributed by atoms with E-state index in [1.807, 2.05) is 0 Å². The number of aliphatic carboxylic acids is 1. The minimum atomic E-state index is -3.42. The SMILES string of the molecule is O=C(O)CCCCCCN1C(=O)SCC[C@@H]1C=C[C@@H](O)C(F)(F)c1ccccc1. The van der Waals surface area contributed by atoms with Crippen molar-refractivity contribution in [3.05, 3.63) is 48.0 Å². The van der Waals surface area contributed by atoms with Crippen LogP contribution in [0.4, 0.5) is 13.6 Å². The van der Waals surface area contributed by atoms with Gasteiger partial charge < -0.3 is 15.1 Å². The highest BCUT2D eigenvalue weighted by Gasteiger charge is 2.39. The Labute approximate surface area is 173 Å². The Bertz CT molecular complexity index is 699. The maximum absolute atomic E-state index is 14.4. The fourth-order valence-electron chi connectivity index (χ4n) is 3.20. The molecule has 5 nitrogen and oxygen atoms in total. The lowest BCUT2D eigenvalue weighted by atomic mass is 10.0. The zero-order valence-electron chi connectivity index (χ0n) is 16.2. The molecule has 0 saturated carbocycles. The lowest BCUT2D eigenvalue weighted by molar-refractivity contribution is -0.137. The number of unbranched alkanes of at least 4 members (excludes halogenated alkanes) is 3. The molecule has 1 saturated heterocycles. The molecular weight excluding hydrogens is 400 g/mol. The van der Waals surface area contributed by atoms with Crippen LogP contribution >= 0.6 is 11.8 Å². The Hall–Kier alpha value is -1.93. The van der Waals surface area contributed by atoms with Crippen molar-refractivity contribution in [3.8, 4) is 0 Å². The third-order valence-corrected chi connectivity index (χ3v) is 5.78. The number of rotatable bonds is 11. The van der Waals surface area contributed by atoms with E-state index in [1.165, 1.54) is 42.1 Å². The Balaban J connectivity index is 1.92. The Morgan fingerprint density at radius 3 is 2.62 bits per heavy atom. The van der Waals surface area contributed by atoms with Crippen LogP contribution in [0.25, 0.3) is 0 Å². The monoisotopic (exact) mass is 427 g/mol. The average molecular weight is 428 g/mol. The second-order valence-electron chi connectivity index (χ2n) is 7.04. The number of carboxylic acid groups (broad SMARTS) is 1. The van der Waals surface area contributed by atoms with E-state index in [-0.39, 0.29) is 23.3 Å². The van der Waals surface area contributed by atoms with Gasteiger partial charge in [-0.25, -0.2) is 0 Å². The van der Waals surface area contributed by atoms with Crippen LogP contribution in [-0.2, 0) is 10.7 Å². The molecule has 1 aromatic rings. The van der Waals surface area contributed by atoms with Crippen molar-refractivity contribution in [1.29, 1.82) is 0 Å². The maximum atomic E-state index is 14.4. The highest BCUT2D eigenvalue weighted by molar-refractivity contribution is 8.13. The number of thioether (sulfide) groups is 1. The van der Waals surface area contributed by atoms with Crippen LogP contribution < -0.4 is 0 Å². The predicted molar refractivity (Wildman–Crippen MR) is 109 cm³/mol. The van der Waals surface area contributed by atoms with Crippen molar-refractivity contribution in [2.24, 2.45) is 0 Å². The molecule has 160 valence electrons. The first kappa shape index (κ1) is 23.3. The summed E-state index contributed by atoms with van der Waals surface area (Å²) in [7, 11) is 0. The van der Waals surface area contributed by atoms with Crippen molar-refractivity contribution in [2.45, 2.75) is 56.6 Å². The van der Waals surface area contributed by atoms with Crippen molar-refractivity contribution < 1.29 is 28.6 Å². The van der Waals surface area contributed by atoms with E-state index in [0.29, 0.717) is 25.1 Å². The highest BCUT2D eigenvalue weighted by Crippen LogP contribution is 2.33. The van der Waals surface area contributed by atoms with Gasteiger partial charge in [-0.2, -0.15) is 8.78 Å². The van der Waals surface area contributed by atoms with Gasteiger partial charge in [-0.15, -0.1) is 0 Å². The zero-order valence-corrected chi connectivity index (χ0v) is 17.0. The molecule has 29 heavy (non-hydrogen) atoms. The number of hydrogen-bond donors (Lipinski definition) is 2. The number of nitrogens with zero attached hydrogens (tertiary/aromatic N) is 1. The fraction of sp³-hybridized carbons (Fsp3) is 0.524. The number of benzene rings is 1. The highest BCUT2D eigenvalue weighted by atomic mass is 32.2. The molecule has 2 atom stereocenters. The number of amides is 1. The van der Waals surface area contributed by atoms with Gasteiger partial charge in [0.25, 0.3) is 5.24 Å². The molecular formula is C21H27F2NO4S. The van der Waals surface area contributed by atoms with E-state index in [4.69, 9.17) is 5.11 Å². The first-order chi connectivity index (χ1) is 13.8. The number of alkyl halides is 2. The van der Waals surface area contributed by atoms with Crippen molar-refractivity contribution >= 4 is 23.0 Å². The van der Waals surface area contributed by atoms with Crippen molar-refractivity contribution in [2.75, 3.05) is 12.3 Å². The van der Waals surface area contributed by atoms with Gasteiger partial charge in [0.15, 0.2) is 0 Å². The molecule has 0 unspecified atom stereocenters. The molecule has 2 N–H and O–H groups in total. The standard InChI is InChI=1S/C21H27F2NO4S/c22-21(23,16-8-4-3-5-9-16)18(25)12-11-17-13-15-29-20(28)24(17)14-7-2-1-6-10-19(26)27/h3-5,8-9,11-12,17-18,25H,1-2,6-7,10,13-15H2,(H,26,27)/t17-,18+/m0/s1. The number of carbonyl (C=O) groups is 2. The first-order valence-electron chi connectivity index (χ1n) is 9.77. The maximum Gasteiger partial charge on any atom is 0.303 e. The zero-order chi connectivity index (χ0) is 21.3. The van der Waals surface area contributed by atoms with E-state index in [2.05, 4.69) is 0 Å². The van der Waals surface area contributed by atoms with Gasteiger partial charge in [0.05, 0.1) is 6.04 Å². The molecule has 1 aliphatic heterocycles. The van der Waals surface area contributed by atoms with E-state index >= 15 is 0 Å². The molecule has 1 aromatic carbocycles. The molecule has 2 rings (SSSR count). The smallest absolute Gasteiger partial charge is 0.303 e. The number of hydrogen-bond acceptors (Lipinski definition) is 4. The molecule has 0 aliphatic carbocycles. The number of aliphatic hydroxyl groups is 1. The molecule has 1 fully saturated rings. The number of halogens is 2. The minimum Gasteiger partial charge on any atom is -0.481 e. The van der Waals surface area contributed by atoms with Gasteiger partial charge in [-0.05, 0) is 19.3 Å². The summed E-state index contributed by atoms with van der Waals surface area (Å²) in [6.07, 6.45) is 4.27. The van der Waals surface area contributed by atoms with Gasteiger partial charge in [-0.1, -0.05) is 67.1 Å². The van der Waals surface area contributed by atoms with Gasteiger partial charge in [-0.3, -0.25) is 9.59 Å². The van der Waals surface area contributed by atoms with E-state index in [0.717, 1.165) is 25.3 Å². The molecule has 0 radical (unpaired) electrons. The summed E-state index contributed by atoms with van der Waals surface area (Å²) in [5, 5.41) is 18.6. The van der Waals surface area contributed by atoms with Gasteiger partial charge >= 0.3 is 11.9 Å². The molecule has 0 bridgehead atoms. The summed E-state index contributed by atoms with van der Waals surface area (Å²) in [5.74, 6) is -3.63. The van der Waals surface area contributed by atoms with E-state index in [9.17, 15) is 23.5 Å². The molecule has 0 spiro atoms. The lowest BCUT2D eigenvalue weighted by Crippen LogP contribution is -2.41. The quantitative estimate of drug-likeness (QED) is 0.397. The van der Waals surface area contributed by atoms with Crippen LogP contribution in [0.3, 0.4) is 0 Å². The number of carbonyl (C=O) groups excluding carboxylic acids is 1. The summed E-state index contributed by atoms with van der Waals surface area (Å²) in [4.78, 5) is 24.4. The normalized spacial score (nSPS) is 18.9. The average Bonchev–Trinajstić information content (AvgIpc) is 2.70. The van der Waals surface area contributed by atoms with Crippen LogP contribution in [0, 0.1) is 0 Å². The Morgan fingerprint density at radius 2 is 1.93 bits per heavy atom. The summed E-state index contributed by atoms with van der Waals surface area (Å²) in [5.41, 5.74) is -0.259. The summed E-state index contributed by atoms with van der Waals surface area (Å²) >= 11 is 1.20. The summed E-state index contributed by atoms with van der Waals surface area (Å²) < 4.78 is 28.9. The van der Waals surface area contributed by atoms with Crippen LogP contribution in [0.15, 0.2) is 42.5 Å². The van der Waals surface area contributed by atoms with Crippen LogP contribution in [0.5, 0.6) is 0 Å².